The van der Waals surface area contributed by atoms with Crippen LogP contribution in [0.4, 0.5) is 5.82 Å². The Morgan fingerprint density at radius 1 is 1.38 bits per heavy atom. The van der Waals surface area contributed by atoms with Crippen LogP contribution in [0.1, 0.15) is 32.5 Å². The number of hydrogen-bond donors (Lipinski definition) is 0. The second-order valence-corrected chi connectivity index (χ2v) is 6.28. The van der Waals surface area contributed by atoms with E-state index in [0.29, 0.717) is 36.3 Å². The van der Waals surface area contributed by atoms with Gasteiger partial charge in [0.05, 0.1) is 0 Å². The van der Waals surface area contributed by atoms with Crippen molar-refractivity contribution < 1.29 is 4.74 Å². The van der Waals surface area contributed by atoms with E-state index in [-0.39, 0.29) is 0 Å². The maximum atomic E-state index is 6.16. The molecule has 0 saturated carbocycles. The molecule has 1 aromatic heterocycles. The van der Waals surface area contributed by atoms with Gasteiger partial charge in [0.2, 0.25) is 0 Å². The van der Waals surface area contributed by atoms with Crippen LogP contribution in [0.25, 0.3) is 0 Å². The lowest BCUT2D eigenvalue weighted by atomic mass is 10.1. The Labute approximate surface area is 131 Å². The van der Waals surface area contributed by atoms with Gasteiger partial charge < -0.3 is 9.64 Å². The van der Waals surface area contributed by atoms with Crippen molar-refractivity contribution >= 4 is 17.4 Å². The van der Waals surface area contributed by atoms with Crippen LogP contribution in [0.15, 0.2) is 6.07 Å². The maximum absolute atomic E-state index is 6.16. The van der Waals surface area contributed by atoms with Crippen molar-refractivity contribution in [1.82, 2.24) is 14.9 Å². The van der Waals surface area contributed by atoms with Crippen LogP contribution in [-0.4, -0.2) is 53.2 Å². The molecular weight excluding hydrogens is 288 g/mol. The summed E-state index contributed by atoms with van der Waals surface area (Å²) < 4.78 is 5.40. The van der Waals surface area contributed by atoms with Gasteiger partial charge in [0.25, 0.3) is 0 Å². The van der Waals surface area contributed by atoms with Crippen molar-refractivity contribution in [3.8, 4) is 0 Å². The predicted octanol–water partition coefficient (Wildman–Crippen LogP) is 2.34. The topological polar surface area (TPSA) is 41.5 Å². The molecule has 21 heavy (non-hydrogen) atoms. The second-order valence-electron chi connectivity index (χ2n) is 5.89. The summed E-state index contributed by atoms with van der Waals surface area (Å²) in [6.07, 6.45) is 2.60. The van der Waals surface area contributed by atoms with E-state index in [1.54, 1.807) is 0 Å². The molecule has 2 saturated heterocycles. The molecule has 0 bridgehead atoms. The molecule has 2 aliphatic rings. The van der Waals surface area contributed by atoms with Crippen LogP contribution in [0.3, 0.4) is 0 Å². The van der Waals surface area contributed by atoms with Gasteiger partial charge in [0, 0.05) is 37.8 Å². The Hall–Kier alpha value is -0.910. The van der Waals surface area contributed by atoms with Gasteiger partial charge in [-0.25, -0.2) is 9.97 Å². The zero-order valence-electron chi connectivity index (χ0n) is 12.8. The summed E-state index contributed by atoms with van der Waals surface area (Å²) in [6, 6.07) is 2.98. The lowest BCUT2D eigenvalue weighted by molar-refractivity contribution is 0.128. The summed E-state index contributed by atoms with van der Waals surface area (Å²) in [5.74, 6) is 1.60. The van der Waals surface area contributed by atoms with Gasteiger partial charge >= 0.3 is 0 Å². The first-order valence-corrected chi connectivity index (χ1v) is 8.17. The fourth-order valence-electron chi connectivity index (χ4n) is 3.36. The van der Waals surface area contributed by atoms with E-state index in [1.165, 1.54) is 19.4 Å². The minimum absolute atomic E-state index is 0.418. The molecule has 0 radical (unpaired) electrons. The maximum Gasteiger partial charge on any atom is 0.158 e. The van der Waals surface area contributed by atoms with E-state index >= 15 is 0 Å². The van der Waals surface area contributed by atoms with Crippen LogP contribution < -0.4 is 4.90 Å². The molecule has 3 rings (SSSR count). The molecule has 0 aliphatic carbocycles. The number of nitrogens with zero attached hydrogens (tertiary/aromatic N) is 4. The highest BCUT2D eigenvalue weighted by atomic mass is 35.5. The third-order valence-corrected chi connectivity index (χ3v) is 4.59. The highest BCUT2D eigenvalue weighted by Crippen LogP contribution is 2.28. The number of anilines is 1. The first kappa shape index (κ1) is 15.0. The molecular formula is C15H23ClN4O. The fraction of sp³-hybridized carbons (Fsp3) is 0.733. The normalized spacial score (nSPS) is 26.1. The molecule has 3 heterocycles. The molecule has 6 heteroatoms. The van der Waals surface area contributed by atoms with Gasteiger partial charge in [0.1, 0.15) is 17.6 Å². The monoisotopic (exact) mass is 310 g/mol. The Morgan fingerprint density at radius 3 is 3.05 bits per heavy atom. The predicted molar refractivity (Wildman–Crippen MR) is 83.8 cm³/mol. The minimum Gasteiger partial charge on any atom is -0.374 e. The van der Waals surface area contributed by atoms with E-state index in [1.807, 2.05) is 13.0 Å². The lowest BCUT2D eigenvalue weighted by Gasteiger charge is -2.43. The van der Waals surface area contributed by atoms with Crippen LogP contribution in [0.5, 0.6) is 0 Å². The van der Waals surface area contributed by atoms with Gasteiger partial charge in [-0.15, -0.1) is 0 Å². The highest BCUT2D eigenvalue weighted by Gasteiger charge is 2.35. The third-order valence-electron chi connectivity index (χ3n) is 4.39. The molecule has 2 unspecified atom stereocenters. The quantitative estimate of drug-likeness (QED) is 0.799. The third kappa shape index (κ3) is 3.30. The van der Waals surface area contributed by atoms with Crippen molar-refractivity contribution in [1.29, 1.82) is 0 Å². The molecule has 2 fully saturated rings. The first-order chi connectivity index (χ1) is 10.2. The Bertz CT molecular complexity index is 499. The largest absolute Gasteiger partial charge is 0.374 e. The Kier molecular flexibility index (Phi) is 4.62. The van der Waals surface area contributed by atoms with Crippen LogP contribution in [0, 0.1) is 0 Å². The number of piperazine rings is 1. The molecule has 116 valence electrons. The summed E-state index contributed by atoms with van der Waals surface area (Å²) in [5.41, 5.74) is 0. The van der Waals surface area contributed by atoms with Crippen LogP contribution in [0.2, 0.25) is 5.15 Å². The number of fused-ring (bicyclic) bond motifs is 1. The summed E-state index contributed by atoms with van der Waals surface area (Å²) in [7, 11) is 0. The van der Waals surface area contributed by atoms with Crippen molar-refractivity contribution in [2.45, 2.75) is 45.4 Å². The highest BCUT2D eigenvalue weighted by molar-refractivity contribution is 6.29. The standard InChI is InChI=1S/C15H23ClN4O/c1-3-21-10-14-17-13(16)7-15(18-14)20-9-12-5-4-6-19(12)8-11(20)2/h7,11-12H,3-6,8-10H2,1-2H3. The number of aromatic nitrogens is 2. The van der Waals surface area contributed by atoms with Gasteiger partial charge in [0.15, 0.2) is 5.82 Å². The van der Waals surface area contributed by atoms with Crippen LogP contribution >= 0.6 is 11.6 Å². The van der Waals surface area contributed by atoms with E-state index in [9.17, 15) is 0 Å². The lowest BCUT2D eigenvalue weighted by Crippen LogP contribution is -2.55. The van der Waals surface area contributed by atoms with E-state index < -0.39 is 0 Å². The zero-order valence-corrected chi connectivity index (χ0v) is 13.5. The number of halogens is 1. The van der Waals surface area contributed by atoms with Crippen molar-refractivity contribution in [3.63, 3.8) is 0 Å². The molecule has 5 nitrogen and oxygen atoms in total. The SMILES string of the molecule is CCOCc1nc(Cl)cc(N2CC3CCCN3CC2C)n1. The average molecular weight is 311 g/mol. The fourth-order valence-corrected chi connectivity index (χ4v) is 3.56. The number of rotatable bonds is 4. The molecule has 0 aromatic carbocycles. The van der Waals surface area contributed by atoms with Crippen LogP contribution in [-0.2, 0) is 11.3 Å². The smallest absolute Gasteiger partial charge is 0.158 e. The second kappa shape index (κ2) is 6.46. The Balaban J connectivity index is 1.80. The molecule has 1 aromatic rings. The van der Waals surface area contributed by atoms with Gasteiger partial charge in [-0.1, -0.05) is 11.6 Å². The molecule has 2 atom stereocenters. The van der Waals surface area contributed by atoms with E-state index in [0.717, 1.165) is 18.9 Å². The van der Waals surface area contributed by atoms with E-state index in [2.05, 4.69) is 26.7 Å². The van der Waals surface area contributed by atoms with Gasteiger partial charge in [-0.2, -0.15) is 0 Å². The zero-order chi connectivity index (χ0) is 14.8. The summed E-state index contributed by atoms with van der Waals surface area (Å²) >= 11 is 6.16. The summed E-state index contributed by atoms with van der Waals surface area (Å²) in [5, 5.41) is 0.496. The number of ether oxygens (including phenoxy) is 1. The van der Waals surface area contributed by atoms with Crippen molar-refractivity contribution in [3.05, 3.63) is 17.0 Å². The molecule has 0 amide bonds. The van der Waals surface area contributed by atoms with Gasteiger partial charge in [-0.3, -0.25) is 4.90 Å². The van der Waals surface area contributed by atoms with E-state index in [4.69, 9.17) is 16.3 Å². The average Bonchev–Trinajstić information content (AvgIpc) is 2.90. The van der Waals surface area contributed by atoms with Crippen molar-refractivity contribution in [2.24, 2.45) is 0 Å². The number of hydrogen-bond acceptors (Lipinski definition) is 5. The minimum atomic E-state index is 0.418. The van der Waals surface area contributed by atoms with Gasteiger partial charge in [-0.05, 0) is 33.2 Å². The Morgan fingerprint density at radius 2 is 2.24 bits per heavy atom. The first-order valence-electron chi connectivity index (χ1n) is 7.79. The summed E-state index contributed by atoms with van der Waals surface area (Å²) in [4.78, 5) is 13.9. The molecule has 2 aliphatic heterocycles. The summed E-state index contributed by atoms with van der Waals surface area (Å²) in [6.45, 7) is 8.67. The van der Waals surface area contributed by atoms with Crippen molar-refractivity contribution in [2.75, 3.05) is 31.1 Å². The molecule has 0 spiro atoms. The molecule has 0 N–H and O–H groups in total.